The Balaban J connectivity index is 3.32. The summed E-state index contributed by atoms with van der Waals surface area (Å²) in [6.07, 6.45) is -0.526. The third-order valence-electron chi connectivity index (χ3n) is 2.07. The smallest absolute Gasteiger partial charge is 0.307 e. The molecule has 1 N–H and O–H groups in total. The second-order valence-electron chi connectivity index (χ2n) is 3.19. The lowest BCUT2D eigenvalue weighted by molar-refractivity contribution is -0.136. The Hall–Kier alpha value is -1.49. The molecule has 1 rings (SSSR count). The summed E-state index contributed by atoms with van der Waals surface area (Å²) in [6.45, 7) is 1.95. The van der Waals surface area contributed by atoms with E-state index in [1.807, 2.05) is 0 Å². The summed E-state index contributed by atoms with van der Waals surface area (Å²) in [6, 6.07) is 1.30. The van der Waals surface area contributed by atoms with Crippen LogP contribution in [0.3, 0.4) is 0 Å². The quantitative estimate of drug-likeness (QED) is 0.886. The molecule has 0 saturated heterocycles. The zero-order valence-corrected chi connectivity index (χ0v) is 10.2. The lowest BCUT2D eigenvalue weighted by atomic mass is 10.1. The van der Waals surface area contributed by atoms with E-state index >= 15 is 0 Å². The fraction of sp³-hybridized carbons (Fsp3) is 0.364. The van der Waals surface area contributed by atoms with E-state index < -0.39 is 18.2 Å². The molecule has 0 unspecified atom stereocenters. The third-order valence-corrected chi connectivity index (χ3v) is 2.49. The van der Waals surface area contributed by atoms with Gasteiger partial charge in [-0.25, -0.2) is 4.39 Å². The van der Waals surface area contributed by atoms with Crippen molar-refractivity contribution < 1.29 is 23.8 Å². The van der Waals surface area contributed by atoms with Crippen LogP contribution in [0.25, 0.3) is 0 Å². The van der Waals surface area contributed by atoms with Crippen LogP contribution >= 0.6 is 11.6 Å². The maximum Gasteiger partial charge on any atom is 0.307 e. The molecule has 0 heterocycles. The first kappa shape index (κ1) is 13.6. The number of hydrogen-bond donors (Lipinski definition) is 1. The van der Waals surface area contributed by atoms with Crippen molar-refractivity contribution in [3.63, 3.8) is 0 Å². The van der Waals surface area contributed by atoms with E-state index in [1.165, 1.54) is 13.2 Å². The van der Waals surface area contributed by atoms with Gasteiger partial charge in [0.25, 0.3) is 0 Å². The fourth-order valence-corrected chi connectivity index (χ4v) is 1.64. The maximum absolute atomic E-state index is 13.9. The summed E-state index contributed by atoms with van der Waals surface area (Å²) in [5.74, 6) is -1.82. The standard InChI is InChI=1S/C11H12ClFO4/c1-3-17-8-5-7(16-2)10(12)6(11(8)13)4-9(14)15/h5H,3-4H2,1-2H3,(H,14,15). The molecule has 6 heteroatoms. The zero-order valence-electron chi connectivity index (χ0n) is 9.42. The number of methoxy groups -OCH3 is 1. The van der Waals surface area contributed by atoms with Crippen LogP contribution in [0.1, 0.15) is 12.5 Å². The Kier molecular flexibility index (Phi) is 4.57. The molecule has 0 amide bonds. The number of rotatable bonds is 5. The second-order valence-corrected chi connectivity index (χ2v) is 3.56. The van der Waals surface area contributed by atoms with E-state index in [0.29, 0.717) is 0 Å². The van der Waals surface area contributed by atoms with E-state index in [2.05, 4.69) is 0 Å². The Bertz CT molecular complexity index is 434. The molecule has 0 aliphatic carbocycles. The Morgan fingerprint density at radius 3 is 2.65 bits per heavy atom. The Morgan fingerprint density at radius 2 is 2.18 bits per heavy atom. The molecule has 0 aliphatic heterocycles. The van der Waals surface area contributed by atoms with E-state index in [-0.39, 0.29) is 28.7 Å². The predicted octanol–water partition coefficient (Wildman–Crippen LogP) is 2.51. The number of carbonyl (C=O) groups is 1. The summed E-state index contributed by atoms with van der Waals surface area (Å²) in [4.78, 5) is 10.6. The molecular formula is C11H12ClFO4. The molecule has 0 saturated carbocycles. The van der Waals surface area contributed by atoms with Gasteiger partial charge in [0, 0.05) is 11.6 Å². The lowest BCUT2D eigenvalue weighted by Gasteiger charge is -2.13. The largest absolute Gasteiger partial charge is 0.495 e. The first-order valence-corrected chi connectivity index (χ1v) is 5.28. The van der Waals surface area contributed by atoms with Crippen molar-refractivity contribution in [1.29, 1.82) is 0 Å². The van der Waals surface area contributed by atoms with Crippen molar-refractivity contribution in [2.24, 2.45) is 0 Å². The molecule has 17 heavy (non-hydrogen) atoms. The van der Waals surface area contributed by atoms with Crippen LogP contribution in [0.2, 0.25) is 5.02 Å². The van der Waals surface area contributed by atoms with E-state index in [1.54, 1.807) is 6.92 Å². The van der Waals surface area contributed by atoms with Crippen molar-refractivity contribution in [3.8, 4) is 11.5 Å². The van der Waals surface area contributed by atoms with Crippen LogP contribution in [-0.2, 0) is 11.2 Å². The molecule has 1 aromatic carbocycles. The highest BCUT2D eigenvalue weighted by Crippen LogP contribution is 2.36. The van der Waals surface area contributed by atoms with Crippen LogP contribution in [0.4, 0.5) is 4.39 Å². The minimum atomic E-state index is -1.18. The van der Waals surface area contributed by atoms with Crippen LogP contribution in [-0.4, -0.2) is 24.8 Å². The number of hydrogen-bond acceptors (Lipinski definition) is 3. The normalized spacial score (nSPS) is 10.1. The molecule has 0 spiro atoms. The molecule has 0 aromatic heterocycles. The molecule has 0 bridgehead atoms. The highest BCUT2D eigenvalue weighted by atomic mass is 35.5. The zero-order chi connectivity index (χ0) is 13.0. The topological polar surface area (TPSA) is 55.8 Å². The average molecular weight is 263 g/mol. The van der Waals surface area contributed by atoms with Crippen molar-refractivity contribution >= 4 is 17.6 Å². The van der Waals surface area contributed by atoms with Crippen LogP contribution in [0.5, 0.6) is 11.5 Å². The average Bonchev–Trinajstić information content (AvgIpc) is 2.28. The second kappa shape index (κ2) is 5.72. The van der Waals surface area contributed by atoms with Crippen LogP contribution in [0.15, 0.2) is 6.07 Å². The summed E-state index contributed by atoms with van der Waals surface area (Å²) in [7, 11) is 1.36. The van der Waals surface area contributed by atoms with Gasteiger partial charge in [0.2, 0.25) is 0 Å². The number of aliphatic carboxylic acids is 1. The first-order chi connectivity index (χ1) is 8.01. The monoisotopic (exact) mass is 262 g/mol. The van der Waals surface area contributed by atoms with E-state index in [0.717, 1.165) is 0 Å². The number of carboxylic acids is 1. The third kappa shape index (κ3) is 3.00. The number of benzene rings is 1. The minimum absolute atomic E-state index is 0.0455. The van der Waals surface area contributed by atoms with Gasteiger partial charge in [-0.3, -0.25) is 4.79 Å². The van der Waals surface area contributed by atoms with Gasteiger partial charge in [0.15, 0.2) is 11.6 Å². The van der Waals surface area contributed by atoms with Gasteiger partial charge in [-0.15, -0.1) is 0 Å². The predicted molar refractivity (Wildman–Crippen MR) is 60.5 cm³/mol. The highest BCUT2D eigenvalue weighted by molar-refractivity contribution is 6.33. The summed E-state index contributed by atoms with van der Waals surface area (Å²) >= 11 is 5.85. The van der Waals surface area contributed by atoms with E-state index in [4.69, 9.17) is 26.2 Å². The lowest BCUT2D eigenvalue weighted by Crippen LogP contribution is -2.06. The summed E-state index contributed by atoms with van der Waals surface area (Å²) in [5, 5.41) is 8.65. The minimum Gasteiger partial charge on any atom is -0.495 e. The Labute approximate surface area is 103 Å². The molecule has 94 valence electrons. The summed E-state index contributed by atoms with van der Waals surface area (Å²) < 4.78 is 23.9. The van der Waals surface area contributed by atoms with Gasteiger partial charge < -0.3 is 14.6 Å². The molecule has 0 radical (unpaired) electrons. The van der Waals surface area contributed by atoms with Gasteiger partial charge in [-0.1, -0.05) is 11.6 Å². The van der Waals surface area contributed by atoms with Crippen LogP contribution < -0.4 is 9.47 Å². The van der Waals surface area contributed by atoms with E-state index in [9.17, 15) is 9.18 Å². The Morgan fingerprint density at radius 1 is 1.53 bits per heavy atom. The maximum atomic E-state index is 13.9. The summed E-state index contributed by atoms with van der Waals surface area (Å²) in [5.41, 5.74) is -0.137. The molecule has 0 atom stereocenters. The van der Waals surface area contributed by atoms with Crippen molar-refractivity contribution in [2.75, 3.05) is 13.7 Å². The number of carboxylic acid groups (broad SMARTS) is 1. The number of halogens is 2. The van der Waals surface area contributed by atoms with Gasteiger partial charge in [0.1, 0.15) is 5.75 Å². The first-order valence-electron chi connectivity index (χ1n) is 4.90. The van der Waals surface area contributed by atoms with Crippen LogP contribution in [0, 0.1) is 5.82 Å². The van der Waals surface area contributed by atoms with Crippen molar-refractivity contribution in [2.45, 2.75) is 13.3 Å². The van der Waals surface area contributed by atoms with Gasteiger partial charge >= 0.3 is 5.97 Å². The highest BCUT2D eigenvalue weighted by Gasteiger charge is 2.20. The van der Waals surface area contributed by atoms with Crippen molar-refractivity contribution in [3.05, 3.63) is 22.5 Å². The SMILES string of the molecule is CCOc1cc(OC)c(Cl)c(CC(=O)O)c1F. The number of ether oxygens (including phenoxy) is 2. The molecule has 4 nitrogen and oxygen atoms in total. The molecule has 1 aromatic rings. The van der Waals surface area contributed by atoms with Gasteiger partial charge in [0.05, 0.1) is 25.2 Å². The fourth-order valence-electron chi connectivity index (χ4n) is 1.36. The van der Waals surface area contributed by atoms with Crippen molar-refractivity contribution in [1.82, 2.24) is 0 Å². The molecule has 0 fully saturated rings. The molecular weight excluding hydrogens is 251 g/mol. The van der Waals surface area contributed by atoms with Gasteiger partial charge in [-0.2, -0.15) is 0 Å². The van der Waals surface area contributed by atoms with Gasteiger partial charge in [-0.05, 0) is 6.92 Å². The molecule has 0 aliphatic rings.